The number of hydrogen-bond acceptors (Lipinski definition) is 3. The monoisotopic (exact) mass is 227 g/mol. The summed E-state index contributed by atoms with van der Waals surface area (Å²) >= 11 is 0. The molecule has 3 atom stereocenters. The first kappa shape index (κ1) is 12.3. The Balaban J connectivity index is 1.67. The SMILES string of the molecule is CC(NCC1CCC(C)(C)O1)C1CCCO1. The molecule has 0 amide bonds. The van der Waals surface area contributed by atoms with Crippen LogP contribution in [0.4, 0.5) is 0 Å². The fourth-order valence-corrected chi connectivity index (χ4v) is 2.67. The van der Waals surface area contributed by atoms with E-state index < -0.39 is 0 Å². The van der Waals surface area contributed by atoms with Crippen LogP contribution in [0.3, 0.4) is 0 Å². The molecular formula is C13H25NO2. The van der Waals surface area contributed by atoms with Crippen LogP contribution in [0.25, 0.3) is 0 Å². The molecule has 0 aromatic carbocycles. The first-order valence-electron chi connectivity index (χ1n) is 6.60. The van der Waals surface area contributed by atoms with Crippen LogP contribution in [0.15, 0.2) is 0 Å². The van der Waals surface area contributed by atoms with Gasteiger partial charge in [0.15, 0.2) is 0 Å². The zero-order valence-electron chi connectivity index (χ0n) is 10.8. The van der Waals surface area contributed by atoms with E-state index in [-0.39, 0.29) is 5.60 Å². The van der Waals surface area contributed by atoms with Crippen LogP contribution in [0.5, 0.6) is 0 Å². The largest absolute Gasteiger partial charge is 0.377 e. The van der Waals surface area contributed by atoms with Gasteiger partial charge in [-0.25, -0.2) is 0 Å². The minimum Gasteiger partial charge on any atom is -0.377 e. The second kappa shape index (κ2) is 5.03. The summed E-state index contributed by atoms with van der Waals surface area (Å²) in [7, 11) is 0. The van der Waals surface area contributed by atoms with Gasteiger partial charge in [0.25, 0.3) is 0 Å². The molecule has 0 aromatic heterocycles. The highest BCUT2D eigenvalue weighted by atomic mass is 16.5. The van der Waals surface area contributed by atoms with Gasteiger partial charge in [-0.1, -0.05) is 0 Å². The van der Waals surface area contributed by atoms with Gasteiger partial charge in [-0.15, -0.1) is 0 Å². The quantitative estimate of drug-likeness (QED) is 0.798. The van der Waals surface area contributed by atoms with Gasteiger partial charge in [0.1, 0.15) is 0 Å². The molecule has 2 fully saturated rings. The molecule has 2 rings (SSSR count). The Labute approximate surface area is 98.9 Å². The number of hydrogen-bond donors (Lipinski definition) is 1. The van der Waals surface area contributed by atoms with Crippen LogP contribution in [0.1, 0.15) is 46.5 Å². The Morgan fingerprint density at radius 1 is 1.38 bits per heavy atom. The Hall–Kier alpha value is -0.120. The fourth-order valence-electron chi connectivity index (χ4n) is 2.67. The van der Waals surface area contributed by atoms with Crippen molar-refractivity contribution in [3.05, 3.63) is 0 Å². The van der Waals surface area contributed by atoms with Crippen LogP contribution in [-0.2, 0) is 9.47 Å². The van der Waals surface area contributed by atoms with Crippen molar-refractivity contribution < 1.29 is 9.47 Å². The molecule has 2 aliphatic rings. The van der Waals surface area contributed by atoms with E-state index in [1.165, 1.54) is 25.7 Å². The molecule has 2 heterocycles. The first-order valence-corrected chi connectivity index (χ1v) is 6.60. The third-order valence-corrected chi connectivity index (χ3v) is 3.74. The van der Waals surface area contributed by atoms with E-state index in [1.54, 1.807) is 0 Å². The lowest BCUT2D eigenvalue weighted by atomic mass is 10.1. The zero-order chi connectivity index (χ0) is 11.6. The van der Waals surface area contributed by atoms with Gasteiger partial charge in [-0.3, -0.25) is 0 Å². The van der Waals surface area contributed by atoms with Gasteiger partial charge in [0, 0.05) is 19.2 Å². The molecule has 0 saturated carbocycles. The predicted molar refractivity (Wildman–Crippen MR) is 64.6 cm³/mol. The Morgan fingerprint density at radius 3 is 2.75 bits per heavy atom. The summed E-state index contributed by atoms with van der Waals surface area (Å²) in [6.45, 7) is 8.47. The highest BCUT2D eigenvalue weighted by molar-refractivity contribution is 4.84. The average molecular weight is 227 g/mol. The summed E-state index contributed by atoms with van der Waals surface area (Å²) in [5, 5.41) is 3.55. The van der Waals surface area contributed by atoms with Crippen LogP contribution in [0, 0.1) is 0 Å². The summed E-state index contributed by atoms with van der Waals surface area (Å²) < 4.78 is 11.6. The highest BCUT2D eigenvalue weighted by Gasteiger charge is 2.32. The summed E-state index contributed by atoms with van der Waals surface area (Å²) in [5.74, 6) is 0. The van der Waals surface area contributed by atoms with E-state index in [0.29, 0.717) is 18.2 Å². The van der Waals surface area contributed by atoms with Gasteiger partial charge >= 0.3 is 0 Å². The van der Waals surface area contributed by atoms with Gasteiger partial charge in [-0.05, 0) is 46.5 Å². The summed E-state index contributed by atoms with van der Waals surface area (Å²) in [6.07, 6.45) is 5.56. The van der Waals surface area contributed by atoms with Crippen molar-refractivity contribution >= 4 is 0 Å². The normalized spacial score (nSPS) is 35.4. The maximum Gasteiger partial charge on any atom is 0.0726 e. The standard InChI is InChI=1S/C13H25NO2/c1-10(12-5-4-8-15-12)14-9-11-6-7-13(2,3)16-11/h10-12,14H,4-9H2,1-3H3. The topological polar surface area (TPSA) is 30.5 Å². The van der Waals surface area contributed by atoms with E-state index in [4.69, 9.17) is 9.47 Å². The molecule has 0 aliphatic carbocycles. The lowest BCUT2D eigenvalue weighted by molar-refractivity contribution is -0.0174. The second-order valence-corrected chi connectivity index (χ2v) is 5.79. The van der Waals surface area contributed by atoms with E-state index in [0.717, 1.165) is 13.2 Å². The van der Waals surface area contributed by atoms with Gasteiger partial charge in [0.2, 0.25) is 0 Å². The van der Waals surface area contributed by atoms with E-state index >= 15 is 0 Å². The third-order valence-electron chi connectivity index (χ3n) is 3.74. The van der Waals surface area contributed by atoms with Gasteiger partial charge in [-0.2, -0.15) is 0 Å². The minimum atomic E-state index is 0.0828. The minimum absolute atomic E-state index is 0.0828. The van der Waals surface area contributed by atoms with Crippen molar-refractivity contribution in [2.45, 2.75) is 70.3 Å². The summed E-state index contributed by atoms with van der Waals surface area (Å²) in [5.41, 5.74) is 0.0828. The molecule has 2 aliphatic heterocycles. The lowest BCUT2D eigenvalue weighted by Gasteiger charge is -2.23. The van der Waals surface area contributed by atoms with Crippen LogP contribution in [0.2, 0.25) is 0 Å². The van der Waals surface area contributed by atoms with Crippen LogP contribution >= 0.6 is 0 Å². The first-order chi connectivity index (χ1) is 7.57. The summed E-state index contributed by atoms with van der Waals surface area (Å²) in [6, 6.07) is 0.454. The maximum atomic E-state index is 5.96. The average Bonchev–Trinajstić information content (AvgIpc) is 2.83. The summed E-state index contributed by atoms with van der Waals surface area (Å²) in [4.78, 5) is 0. The van der Waals surface area contributed by atoms with Gasteiger partial charge in [0.05, 0.1) is 17.8 Å². The Kier molecular flexibility index (Phi) is 3.88. The molecule has 3 heteroatoms. The van der Waals surface area contributed by atoms with Crippen molar-refractivity contribution in [1.29, 1.82) is 0 Å². The van der Waals surface area contributed by atoms with Crippen molar-refractivity contribution in [1.82, 2.24) is 5.32 Å². The third kappa shape index (κ3) is 3.19. The highest BCUT2D eigenvalue weighted by Crippen LogP contribution is 2.29. The van der Waals surface area contributed by atoms with Crippen molar-refractivity contribution in [2.75, 3.05) is 13.2 Å². The van der Waals surface area contributed by atoms with Gasteiger partial charge < -0.3 is 14.8 Å². The van der Waals surface area contributed by atoms with E-state index in [2.05, 4.69) is 26.1 Å². The molecule has 16 heavy (non-hydrogen) atoms. The molecule has 3 nitrogen and oxygen atoms in total. The molecule has 0 aromatic rings. The maximum absolute atomic E-state index is 5.96. The molecular weight excluding hydrogens is 202 g/mol. The zero-order valence-corrected chi connectivity index (χ0v) is 10.8. The van der Waals surface area contributed by atoms with Crippen LogP contribution in [-0.4, -0.2) is 37.0 Å². The lowest BCUT2D eigenvalue weighted by Crippen LogP contribution is -2.41. The molecule has 0 radical (unpaired) electrons. The smallest absolute Gasteiger partial charge is 0.0726 e. The number of nitrogens with one attached hydrogen (secondary N) is 1. The number of ether oxygens (including phenoxy) is 2. The van der Waals surface area contributed by atoms with Crippen molar-refractivity contribution in [2.24, 2.45) is 0 Å². The van der Waals surface area contributed by atoms with E-state index in [9.17, 15) is 0 Å². The van der Waals surface area contributed by atoms with Crippen molar-refractivity contribution in [3.63, 3.8) is 0 Å². The molecule has 3 unspecified atom stereocenters. The molecule has 1 N–H and O–H groups in total. The molecule has 2 saturated heterocycles. The molecule has 94 valence electrons. The predicted octanol–water partition coefficient (Wildman–Crippen LogP) is 2.10. The molecule has 0 bridgehead atoms. The van der Waals surface area contributed by atoms with E-state index in [1.807, 2.05) is 0 Å². The Morgan fingerprint density at radius 2 is 2.19 bits per heavy atom. The number of rotatable bonds is 4. The fraction of sp³-hybridized carbons (Fsp3) is 1.00. The van der Waals surface area contributed by atoms with Crippen LogP contribution < -0.4 is 5.32 Å². The Bertz CT molecular complexity index is 222. The second-order valence-electron chi connectivity index (χ2n) is 5.79. The molecule has 0 spiro atoms. The van der Waals surface area contributed by atoms with Crippen molar-refractivity contribution in [3.8, 4) is 0 Å².